The summed E-state index contributed by atoms with van der Waals surface area (Å²) in [5, 5.41) is 7.11. The van der Waals surface area contributed by atoms with Gasteiger partial charge in [0, 0.05) is 18.9 Å². The highest BCUT2D eigenvalue weighted by molar-refractivity contribution is 6.33. The summed E-state index contributed by atoms with van der Waals surface area (Å²) in [6.45, 7) is 0.973. The third kappa shape index (κ3) is 3.81. The molecule has 6 heteroatoms. The van der Waals surface area contributed by atoms with Gasteiger partial charge in [-0.25, -0.2) is 4.39 Å². The second-order valence-electron chi connectivity index (χ2n) is 5.28. The molecule has 0 spiro atoms. The molecular weight excluding hydrogens is 329 g/mol. The molecule has 24 heavy (non-hydrogen) atoms. The van der Waals surface area contributed by atoms with Gasteiger partial charge in [-0.3, -0.25) is 9.48 Å². The van der Waals surface area contributed by atoms with Crippen molar-refractivity contribution in [2.24, 2.45) is 0 Å². The lowest BCUT2D eigenvalue weighted by atomic mass is 10.1. The van der Waals surface area contributed by atoms with Crippen LogP contribution in [-0.2, 0) is 13.1 Å². The van der Waals surface area contributed by atoms with E-state index in [9.17, 15) is 9.18 Å². The van der Waals surface area contributed by atoms with Crippen molar-refractivity contribution in [3.05, 3.63) is 88.5 Å². The Morgan fingerprint density at radius 2 is 1.96 bits per heavy atom. The van der Waals surface area contributed by atoms with Gasteiger partial charge in [-0.2, -0.15) is 5.10 Å². The van der Waals surface area contributed by atoms with Crippen LogP contribution in [0.2, 0.25) is 5.02 Å². The van der Waals surface area contributed by atoms with Crippen LogP contribution in [-0.4, -0.2) is 15.7 Å². The van der Waals surface area contributed by atoms with E-state index in [0.717, 1.165) is 17.2 Å². The van der Waals surface area contributed by atoms with E-state index in [1.165, 1.54) is 12.1 Å². The SMILES string of the molecule is O=C(NCc1ccccc1Cn1cccn1)c1ccc(F)cc1Cl. The van der Waals surface area contributed by atoms with Crippen LogP contribution in [0.3, 0.4) is 0 Å². The van der Waals surface area contributed by atoms with E-state index in [1.807, 2.05) is 41.2 Å². The molecule has 0 aliphatic rings. The highest BCUT2D eigenvalue weighted by Gasteiger charge is 2.11. The molecule has 3 aromatic rings. The molecule has 0 unspecified atom stereocenters. The van der Waals surface area contributed by atoms with Crippen molar-refractivity contribution in [3.63, 3.8) is 0 Å². The maximum absolute atomic E-state index is 13.1. The molecule has 0 saturated heterocycles. The van der Waals surface area contributed by atoms with Crippen molar-refractivity contribution in [2.75, 3.05) is 0 Å². The number of amides is 1. The minimum Gasteiger partial charge on any atom is -0.348 e. The Kier molecular flexibility index (Phi) is 4.91. The predicted molar refractivity (Wildman–Crippen MR) is 90.4 cm³/mol. The van der Waals surface area contributed by atoms with Crippen molar-refractivity contribution in [2.45, 2.75) is 13.1 Å². The lowest BCUT2D eigenvalue weighted by Crippen LogP contribution is -2.24. The molecule has 1 heterocycles. The fraction of sp³-hybridized carbons (Fsp3) is 0.111. The molecule has 4 nitrogen and oxygen atoms in total. The van der Waals surface area contributed by atoms with E-state index < -0.39 is 5.82 Å². The maximum atomic E-state index is 13.1. The van der Waals surface area contributed by atoms with Crippen LogP contribution in [0.5, 0.6) is 0 Å². The number of benzene rings is 2. The number of carbonyl (C=O) groups excluding carboxylic acids is 1. The first-order valence-electron chi connectivity index (χ1n) is 7.41. The van der Waals surface area contributed by atoms with Gasteiger partial charge in [0.1, 0.15) is 5.82 Å². The summed E-state index contributed by atoms with van der Waals surface area (Å²) in [6, 6.07) is 13.4. The molecule has 1 amide bonds. The second-order valence-corrected chi connectivity index (χ2v) is 5.69. The molecule has 0 atom stereocenters. The largest absolute Gasteiger partial charge is 0.348 e. The molecule has 0 aliphatic heterocycles. The molecule has 0 fully saturated rings. The van der Waals surface area contributed by atoms with Crippen LogP contribution in [0.1, 0.15) is 21.5 Å². The molecule has 122 valence electrons. The average Bonchev–Trinajstić information content (AvgIpc) is 3.07. The lowest BCUT2D eigenvalue weighted by Gasteiger charge is -2.11. The van der Waals surface area contributed by atoms with Gasteiger partial charge >= 0.3 is 0 Å². The predicted octanol–water partition coefficient (Wildman–Crippen LogP) is 3.65. The molecule has 0 aliphatic carbocycles. The first kappa shape index (κ1) is 16.2. The van der Waals surface area contributed by atoms with Crippen molar-refractivity contribution >= 4 is 17.5 Å². The Morgan fingerprint density at radius 3 is 2.67 bits per heavy atom. The van der Waals surface area contributed by atoms with Gasteiger partial charge < -0.3 is 5.32 Å². The van der Waals surface area contributed by atoms with Gasteiger partial charge in [0.05, 0.1) is 17.1 Å². The van der Waals surface area contributed by atoms with E-state index in [1.54, 1.807) is 6.20 Å². The van der Waals surface area contributed by atoms with E-state index in [4.69, 9.17) is 11.6 Å². The second kappa shape index (κ2) is 7.27. The van der Waals surface area contributed by atoms with Crippen molar-refractivity contribution in [3.8, 4) is 0 Å². The lowest BCUT2D eigenvalue weighted by molar-refractivity contribution is 0.0951. The summed E-state index contributed by atoms with van der Waals surface area (Å²) >= 11 is 5.92. The Balaban J connectivity index is 1.71. The first-order valence-corrected chi connectivity index (χ1v) is 7.79. The van der Waals surface area contributed by atoms with E-state index in [0.29, 0.717) is 13.1 Å². The minimum absolute atomic E-state index is 0.0947. The molecule has 0 bridgehead atoms. The summed E-state index contributed by atoms with van der Waals surface area (Å²) in [5.41, 5.74) is 2.30. The van der Waals surface area contributed by atoms with Gasteiger partial charge in [-0.1, -0.05) is 35.9 Å². The quantitative estimate of drug-likeness (QED) is 0.768. The average molecular weight is 344 g/mol. The van der Waals surface area contributed by atoms with Crippen LogP contribution in [0.4, 0.5) is 4.39 Å². The zero-order chi connectivity index (χ0) is 16.9. The molecular formula is C18H15ClFN3O. The monoisotopic (exact) mass is 343 g/mol. The number of aromatic nitrogens is 2. The normalized spacial score (nSPS) is 10.6. The smallest absolute Gasteiger partial charge is 0.253 e. The summed E-state index contributed by atoms with van der Waals surface area (Å²) in [7, 11) is 0. The summed E-state index contributed by atoms with van der Waals surface area (Å²) in [4.78, 5) is 12.2. The van der Waals surface area contributed by atoms with E-state index >= 15 is 0 Å². The number of nitrogens with one attached hydrogen (secondary N) is 1. The zero-order valence-corrected chi connectivity index (χ0v) is 13.5. The number of rotatable bonds is 5. The fourth-order valence-electron chi connectivity index (χ4n) is 2.40. The van der Waals surface area contributed by atoms with Crippen molar-refractivity contribution in [1.82, 2.24) is 15.1 Å². The Morgan fingerprint density at radius 1 is 1.17 bits per heavy atom. The van der Waals surface area contributed by atoms with E-state index in [-0.39, 0.29) is 16.5 Å². The van der Waals surface area contributed by atoms with Crippen LogP contribution < -0.4 is 5.32 Å². The zero-order valence-electron chi connectivity index (χ0n) is 12.7. The van der Waals surface area contributed by atoms with Crippen LogP contribution in [0.15, 0.2) is 60.9 Å². The van der Waals surface area contributed by atoms with Crippen LogP contribution in [0, 0.1) is 5.82 Å². The summed E-state index contributed by atoms with van der Waals surface area (Å²) < 4.78 is 14.9. The number of hydrogen-bond acceptors (Lipinski definition) is 2. The number of nitrogens with zero attached hydrogens (tertiary/aromatic N) is 2. The number of hydrogen-bond donors (Lipinski definition) is 1. The van der Waals surface area contributed by atoms with Gasteiger partial charge in [0.25, 0.3) is 5.91 Å². The molecule has 3 rings (SSSR count). The van der Waals surface area contributed by atoms with Gasteiger partial charge in [-0.15, -0.1) is 0 Å². The summed E-state index contributed by atoms with van der Waals surface area (Å²) in [6.07, 6.45) is 3.61. The van der Waals surface area contributed by atoms with Gasteiger partial charge in [0.2, 0.25) is 0 Å². The van der Waals surface area contributed by atoms with Crippen molar-refractivity contribution in [1.29, 1.82) is 0 Å². The van der Waals surface area contributed by atoms with E-state index in [2.05, 4.69) is 10.4 Å². The molecule has 1 aromatic heterocycles. The first-order chi connectivity index (χ1) is 11.6. The van der Waals surface area contributed by atoms with Crippen LogP contribution in [0.25, 0.3) is 0 Å². The highest BCUT2D eigenvalue weighted by atomic mass is 35.5. The molecule has 1 N–H and O–H groups in total. The molecule has 0 saturated carbocycles. The number of carbonyl (C=O) groups is 1. The fourth-order valence-corrected chi connectivity index (χ4v) is 2.65. The van der Waals surface area contributed by atoms with Crippen molar-refractivity contribution < 1.29 is 9.18 Å². The molecule has 0 radical (unpaired) electrons. The topological polar surface area (TPSA) is 46.9 Å². The van der Waals surface area contributed by atoms with Gasteiger partial charge in [-0.05, 0) is 35.4 Å². The van der Waals surface area contributed by atoms with Gasteiger partial charge in [0.15, 0.2) is 0 Å². The molecule has 2 aromatic carbocycles. The standard InChI is InChI=1S/C18H15ClFN3O/c19-17-10-15(20)6-7-16(17)18(24)21-11-13-4-1-2-5-14(13)12-23-9-3-8-22-23/h1-10H,11-12H2,(H,21,24). The Bertz CT molecular complexity index is 849. The third-order valence-electron chi connectivity index (χ3n) is 3.63. The van der Waals surface area contributed by atoms with Crippen LogP contribution >= 0.6 is 11.6 Å². The Labute approximate surface area is 143 Å². The highest BCUT2D eigenvalue weighted by Crippen LogP contribution is 2.17. The minimum atomic E-state index is -0.471. The number of halogens is 2. The third-order valence-corrected chi connectivity index (χ3v) is 3.94. The maximum Gasteiger partial charge on any atom is 0.253 e. The summed E-state index contributed by atoms with van der Waals surface area (Å²) in [5.74, 6) is -0.810. The Hall–Kier alpha value is -2.66.